The van der Waals surface area contributed by atoms with E-state index >= 15 is 0 Å². The summed E-state index contributed by atoms with van der Waals surface area (Å²) >= 11 is 6.18. The Morgan fingerprint density at radius 2 is 2.05 bits per heavy atom. The standard InChI is InChI=1S/C16H20ClN3O/c1-4-12-7-5-6-8-13(12)16(21)15-14(17)11-18-20(15)10-9-19(2)3/h5-8,11H,4,9-10H2,1-3H3. The second kappa shape index (κ2) is 6.87. The molecule has 0 saturated heterocycles. The van der Waals surface area contributed by atoms with Crippen molar-refractivity contribution < 1.29 is 4.79 Å². The Labute approximate surface area is 130 Å². The fourth-order valence-corrected chi connectivity index (χ4v) is 2.46. The minimum Gasteiger partial charge on any atom is -0.308 e. The number of carbonyl (C=O) groups excluding carboxylic acids is 1. The van der Waals surface area contributed by atoms with Gasteiger partial charge >= 0.3 is 0 Å². The maximum absolute atomic E-state index is 12.8. The average Bonchev–Trinajstić information content (AvgIpc) is 2.85. The smallest absolute Gasteiger partial charge is 0.212 e. The van der Waals surface area contributed by atoms with Crippen LogP contribution in [0.25, 0.3) is 0 Å². The van der Waals surface area contributed by atoms with Crippen LogP contribution in [0.15, 0.2) is 30.5 Å². The van der Waals surface area contributed by atoms with E-state index in [1.165, 1.54) is 0 Å². The van der Waals surface area contributed by atoms with Crippen LogP contribution in [-0.2, 0) is 13.0 Å². The molecule has 0 aliphatic rings. The molecule has 4 nitrogen and oxygen atoms in total. The summed E-state index contributed by atoms with van der Waals surface area (Å²) in [5.41, 5.74) is 2.20. The fourth-order valence-electron chi connectivity index (χ4n) is 2.23. The van der Waals surface area contributed by atoms with E-state index in [1.807, 2.05) is 50.2 Å². The molecule has 112 valence electrons. The lowest BCUT2D eigenvalue weighted by Crippen LogP contribution is -2.22. The van der Waals surface area contributed by atoms with E-state index in [4.69, 9.17) is 11.6 Å². The predicted octanol–water partition coefficient (Wildman–Crippen LogP) is 2.89. The van der Waals surface area contributed by atoms with Crippen molar-refractivity contribution in [3.8, 4) is 0 Å². The first-order chi connectivity index (χ1) is 10.0. The number of aryl methyl sites for hydroxylation is 1. The number of aromatic nitrogens is 2. The molecule has 1 heterocycles. The number of halogens is 1. The predicted molar refractivity (Wildman–Crippen MR) is 85.0 cm³/mol. The highest BCUT2D eigenvalue weighted by Gasteiger charge is 2.20. The fraction of sp³-hybridized carbons (Fsp3) is 0.375. The van der Waals surface area contributed by atoms with E-state index < -0.39 is 0 Å². The third-order valence-electron chi connectivity index (χ3n) is 3.41. The first-order valence-electron chi connectivity index (χ1n) is 7.03. The molecule has 0 amide bonds. The Morgan fingerprint density at radius 3 is 2.71 bits per heavy atom. The van der Waals surface area contributed by atoms with Gasteiger partial charge in [0.05, 0.1) is 17.8 Å². The second-order valence-electron chi connectivity index (χ2n) is 5.21. The summed E-state index contributed by atoms with van der Waals surface area (Å²) in [6.45, 7) is 3.47. The van der Waals surface area contributed by atoms with Gasteiger partial charge in [0.2, 0.25) is 5.78 Å². The van der Waals surface area contributed by atoms with Gasteiger partial charge in [-0.15, -0.1) is 0 Å². The summed E-state index contributed by atoms with van der Waals surface area (Å²) in [6, 6.07) is 7.64. The number of rotatable bonds is 6. The van der Waals surface area contributed by atoms with Gasteiger partial charge in [0, 0.05) is 12.1 Å². The lowest BCUT2D eigenvalue weighted by atomic mass is 10.00. The lowest BCUT2D eigenvalue weighted by Gasteiger charge is -2.12. The molecule has 0 radical (unpaired) electrons. The number of carbonyl (C=O) groups is 1. The average molecular weight is 306 g/mol. The Morgan fingerprint density at radius 1 is 1.33 bits per heavy atom. The van der Waals surface area contributed by atoms with Gasteiger partial charge in [-0.1, -0.05) is 42.8 Å². The molecule has 0 unspecified atom stereocenters. The van der Waals surface area contributed by atoms with Crippen molar-refractivity contribution in [2.24, 2.45) is 0 Å². The van der Waals surface area contributed by atoms with E-state index in [1.54, 1.807) is 10.9 Å². The van der Waals surface area contributed by atoms with Crippen molar-refractivity contribution >= 4 is 17.4 Å². The summed E-state index contributed by atoms with van der Waals surface area (Å²) in [6.07, 6.45) is 2.35. The number of hydrogen-bond acceptors (Lipinski definition) is 3. The zero-order valence-electron chi connectivity index (χ0n) is 12.6. The maximum Gasteiger partial charge on any atom is 0.212 e. The Balaban J connectivity index is 2.37. The summed E-state index contributed by atoms with van der Waals surface area (Å²) in [4.78, 5) is 14.9. The van der Waals surface area contributed by atoms with Crippen LogP contribution in [0.1, 0.15) is 28.5 Å². The quantitative estimate of drug-likeness (QED) is 0.770. The van der Waals surface area contributed by atoms with Crippen LogP contribution < -0.4 is 0 Å². The van der Waals surface area contributed by atoms with Crippen LogP contribution in [0, 0.1) is 0 Å². The molecule has 0 spiro atoms. The van der Waals surface area contributed by atoms with Crippen LogP contribution >= 0.6 is 11.6 Å². The Bertz CT molecular complexity index is 634. The van der Waals surface area contributed by atoms with Crippen molar-refractivity contribution in [1.29, 1.82) is 0 Å². The van der Waals surface area contributed by atoms with Crippen molar-refractivity contribution in [3.63, 3.8) is 0 Å². The molecule has 0 saturated carbocycles. The van der Waals surface area contributed by atoms with Crippen LogP contribution in [-0.4, -0.2) is 41.1 Å². The summed E-state index contributed by atoms with van der Waals surface area (Å²) < 4.78 is 1.69. The van der Waals surface area contributed by atoms with Crippen LogP contribution in [0.5, 0.6) is 0 Å². The number of nitrogens with zero attached hydrogens (tertiary/aromatic N) is 3. The number of ketones is 1. The molecule has 0 atom stereocenters. The SMILES string of the molecule is CCc1ccccc1C(=O)c1c(Cl)cnn1CCN(C)C. The molecule has 5 heteroatoms. The van der Waals surface area contributed by atoms with Crippen LogP contribution in [0.3, 0.4) is 0 Å². The molecule has 2 aromatic rings. The molecular weight excluding hydrogens is 286 g/mol. The maximum atomic E-state index is 12.8. The first kappa shape index (κ1) is 15.7. The highest BCUT2D eigenvalue weighted by atomic mass is 35.5. The van der Waals surface area contributed by atoms with Crippen molar-refractivity contribution in [2.45, 2.75) is 19.9 Å². The number of likely N-dealkylation sites (N-methyl/N-ethyl adjacent to an activating group) is 1. The summed E-state index contributed by atoms with van der Waals surface area (Å²) in [5, 5.41) is 4.63. The zero-order valence-corrected chi connectivity index (χ0v) is 13.4. The molecule has 1 aromatic carbocycles. The topological polar surface area (TPSA) is 38.1 Å². The molecule has 0 bridgehead atoms. The Hall–Kier alpha value is -1.65. The summed E-state index contributed by atoms with van der Waals surface area (Å²) in [7, 11) is 3.97. The monoisotopic (exact) mass is 305 g/mol. The molecule has 0 aliphatic heterocycles. The Kier molecular flexibility index (Phi) is 5.15. The van der Waals surface area contributed by atoms with Gasteiger partial charge < -0.3 is 4.90 Å². The van der Waals surface area contributed by atoms with Gasteiger partial charge in [-0.25, -0.2) is 0 Å². The molecule has 0 fully saturated rings. The summed E-state index contributed by atoms with van der Waals surface area (Å²) in [5.74, 6) is -0.0614. The van der Waals surface area contributed by atoms with E-state index in [0.717, 1.165) is 18.5 Å². The molecule has 21 heavy (non-hydrogen) atoms. The van der Waals surface area contributed by atoms with Crippen LogP contribution in [0.4, 0.5) is 0 Å². The van der Waals surface area contributed by atoms with E-state index in [-0.39, 0.29) is 5.78 Å². The molecule has 0 N–H and O–H groups in total. The van der Waals surface area contributed by atoms with Gasteiger partial charge in [0.15, 0.2) is 0 Å². The van der Waals surface area contributed by atoms with Crippen molar-refractivity contribution in [1.82, 2.24) is 14.7 Å². The lowest BCUT2D eigenvalue weighted by molar-refractivity contribution is 0.102. The number of hydrogen-bond donors (Lipinski definition) is 0. The van der Waals surface area contributed by atoms with Gasteiger partial charge in [-0.05, 0) is 26.1 Å². The normalized spacial score (nSPS) is 11.1. The largest absolute Gasteiger partial charge is 0.308 e. The minimum atomic E-state index is -0.0614. The van der Waals surface area contributed by atoms with E-state index in [2.05, 4.69) is 5.10 Å². The van der Waals surface area contributed by atoms with Gasteiger partial charge in [0.25, 0.3) is 0 Å². The van der Waals surface area contributed by atoms with Gasteiger partial charge in [0.1, 0.15) is 5.69 Å². The molecule has 2 rings (SSSR count). The molecule has 1 aromatic heterocycles. The highest BCUT2D eigenvalue weighted by Crippen LogP contribution is 2.21. The molecule has 0 aliphatic carbocycles. The van der Waals surface area contributed by atoms with Crippen molar-refractivity contribution in [3.05, 3.63) is 52.3 Å². The van der Waals surface area contributed by atoms with Crippen LogP contribution in [0.2, 0.25) is 5.02 Å². The first-order valence-corrected chi connectivity index (χ1v) is 7.41. The highest BCUT2D eigenvalue weighted by molar-refractivity contribution is 6.34. The minimum absolute atomic E-state index is 0.0614. The molecular formula is C16H20ClN3O. The van der Waals surface area contributed by atoms with E-state index in [0.29, 0.717) is 22.8 Å². The number of benzene rings is 1. The second-order valence-corrected chi connectivity index (χ2v) is 5.61. The third-order valence-corrected chi connectivity index (χ3v) is 3.69. The zero-order chi connectivity index (χ0) is 15.4. The van der Waals surface area contributed by atoms with E-state index in [9.17, 15) is 4.79 Å². The third kappa shape index (κ3) is 3.52. The van der Waals surface area contributed by atoms with Gasteiger partial charge in [-0.2, -0.15) is 5.10 Å². The van der Waals surface area contributed by atoms with Crippen molar-refractivity contribution in [2.75, 3.05) is 20.6 Å². The van der Waals surface area contributed by atoms with Gasteiger partial charge in [-0.3, -0.25) is 9.48 Å².